The van der Waals surface area contributed by atoms with E-state index in [9.17, 15) is 38.4 Å². The van der Waals surface area contributed by atoms with Gasteiger partial charge in [-0.1, -0.05) is 0 Å². The highest BCUT2D eigenvalue weighted by atomic mass is 16.2. The Balaban J connectivity index is 1.09. The van der Waals surface area contributed by atoms with E-state index in [-0.39, 0.29) is 89.6 Å². The molecule has 64 heavy (non-hydrogen) atoms. The van der Waals surface area contributed by atoms with Gasteiger partial charge >= 0.3 is 0 Å². The van der Waals surface area contributed by atoms with Crippen molar-refractivity contribution in [2.45, 2.75) is 197 Å². The Bertz CT molecular complexity index is 1780. The Morgan fingerprint density at radius 2 is 0.562 bits per heavy atom. The first-order valence-corrected chi connectivity index (χ1v) is 25.3. The first kappa shape index (κ1) is 46.3. The fourth-order valence-electron chi connectivity index (χ4n) is 13.0. The van der Waals surface area contributed by atoms with E-state index in [1.54, 1.807) is 0 Å². The van der Waals surface area contributed by atoms with Crippen LogP contribution < -0.4 is 0 Å². The van der Waals surface area contributed by atoms with Gasteiger partial charge in [0, 0.05) is 153 Å². The molecular weight excluding hydrogens is 817 g/mol. The summed E-state index contributed by atoms with van der Waals surface area (Å²) in [5.41, 5.74) is 0. The SMILES string of the molecule is CC(CC(CC(CC(CC(CC(CC(CCN1CCCC1=O)N1CCCC1=O)N1CCCC1=O)N1CCCC1=O)N1CCCC1=O)N1CCCC1=O)N1CCCC1=O)N1CCCC1=O. The van der Waals surface area contributed by atoms with Gasteiger partial charge in [-0.2, -0.15) is 0 Å². The highest BCUT2D eigenvalue weighted by molar-refractivity contribution is 5.82. The maximum atomic E-state index is 13.9. The number of rotatable bonds is 22. The third kappa shape index (κ3) is 10.6. The first-order valence-electron chi connectivity index (χ1n) is 25.3. The molecular formula is C48H74N8O8. The van der Waals surface area contributed by atoms with E-state index < -0.39 is 0 Å². The number of hydrogen-bond donors (Lipinski definition) is 0. The molecule has 8 aliphatic rings. The summed E-state index contributed by atoms with van der Waals surface area (Å²) in [6, 6.07) is -1.53. The van der Waals surface area contributed by atoms with E-state index >= 15 is 0 Å². The smallest absolute Gasteiger partial charge is 0.222 e. The van der Waals surface area contributed by atoms with Crippen LogP contribution >= 0.6 is 0 Å². The normalized spacial score (nSPS) is 25.7. The van der Waals surface area contributed by atoms with Crippen molar-refractivity contribution in [3.8, 4) is 0 Å². The van der Waals surface area contributed by atoms with Gasteiger partial charge in [0.1, 0.15) is 0 Å². The van der Waals surface area contributed by atoms with Gasteiger partial charge in [0.2, 0.25) is 47.3 Å². The fourth-order valence-corrected chi connectivity index (χ4v) is 13.0. The molecule has 8 heterocycles. The van der Waals surface area contributed by atoms with E-state index in [0.29, 0.717) is 149 Å². The topological polar surface area (TPSA) is 162 Å². The summed E-state index contributed by atoms with van der Waals surface area (Å²) in [4.78, 5) is 124. The monoisotopic (exact) mass is 891 g/mol. The van der Waals surface area contributed by atoms with Crippen LogP contribution in [0.2, 0.25) is 0 Å². The molecule has 7 unspecified atom stereocenters. The molecule has 0 bridgehead atoms. The number of hydrogen-bond acceptors (Lipinski definition) is 8. The predicted molar refractivity (Wildman–Crippen MR) is 237 cm³/mol. The summed E-state index contributed by atoms with van der Waals surface area (Å²) in [6.07, 6.45) is 13.9. The van der Waals surface area contributed by atoms with Gasteiger partial charge in [0.05, 0.1) is 0 Å². The van der Waals surface area contributed by atoms with Crippen LogP contribution in [-0.2, 0) is 38.4 Å². The van der Waals surface area contributed by atoms with E-state index in [2.05, 4.69) is 6.92 Å². The van der Waals surface area contributed by atoms with Crippen molar-refractivity contribution in [2.75, 3.05) is 58.9 Å². The molecule has 8 rings (SSSR count). The van der Waals surface area contributed by atoms with Crippen LogP contribution in [0.4, 0.5) is 0 Å². The van der Waals surface area contributed by atoms with Crippen molar-refractivity contribution in [2.24, 2.45) is 0 Å². The molecule has 8 aliphatic heterocycles. The van der Waals surface area contributed by atoms with Crippen LogP contribution in [0.3, 0.4) is 0 Å². The lowest BCUT2D eigenvalue weighted by molar-refractivity contribution is -0.134. The highest BCUT2D eigenvalue weighted by Gasteiger charge is 2.44. The van der Waals surface area contributed by atoms with Gasteiger partial charge in [-0.3, -0.25) is 38.4 Å². The van der Waals surface area contributed by atoms with Crippen LogP contribution in [0.15, 0.2) is 0 Å². The summed E-state index contributed by atoms with van der Waals surface area (Å²) < 4.78 is 0. The van der Waals surface area contributed by atoms with Gasteiger partial charge < -0.3 is 39.2 Å². The summed E-state index contributed by atoms with van der Waals surface area (Å²) >= 11 is 0. The van der Waals surface area contributed by atoms with E-state index in [0.717, 1.165) is 57.9 Å². The first-order chi connectivity index (χ1) is 30.9. The second-order valence-electron chi connectivity index (χ2n) is 20.3. The predicted octanol–water partition coefficient (Wildman–Crippen LogP) is 3.30. The van der Waals surface area contributed by atoms with Gasteiger partial charge in [-0.05, 0) is 103 Å². The van der Waals surface area contributed by atoms with E-state index in [1.807, 2.05) is 39.2 Å². The molecule has 0 saturated carbocycles. The molecule has 8 saturated heterocycles. The molecule has 0 aromatic rings. The lowest BCUT2D eigenvalue weighted by Gasteiger charge is -2.43. The highest BCUT2D eigenvalue weighted by Crippen LogP contribution is 2.35. The van der Waals surface area contributed by atoms with Crippen molar-refractivity contribution in [3.63, 3.8) is 0 Å². The molecule has 0 N–H and O–H groups in total. The molecule has 16 nitrogen and oxygen atoms in total. The Morgan fingerprint density at radius 3 is 0.844 bits per heavy atom. The molecule has 0 aliphatic carbocycles. The quantitative estimate of drug-likeness (QED) is 0.160. The summed E-state index contributed by atoms with van der Waals surface area (Å²) in [5.74, 6) is 0.842. The van der Waals surface area contributed by atoms with Crippen LogP contribution in [0, 0.1) is 0 Å². The van der Waals surface area contributed by atoms with Crippen molar-refractivity contribution in [1.29, 1.82) is 0 Å². The molecule has 7 atom stereocenters. The van der Waals surface area contributed by atoms with Gasteiger partial charge in [-0.25, -0.2) is 0 Å². The minimum absolute atomic E-state index is 0.0643. The number of carbonyl (C=O) groups excluding carboxylic acids is 8. The van der Waals surface area contributed by atoms with Crippen LogP contribution in [-0.4, -0.2) is 188 Å². The summed E-state index contributed by atoms with van der Waals surface area (Å²) in [7, 11) is 0. The number of amides is 8. The molecule has 0 radical (unpaired) electrons. The summed E-state index contributed by atoms with van der Waals surface area (Å²) in [5, 5.41) is 0. The zero-order chi connectivity index (χ0) is 44.9. The molecule has 0 aromatic heterocycles. The standard InChI is InChI=1S/C48H74N8O8/c1-34(50-20-3-11-42(50)58)28-36(52-22-5-13-44(52)60)30-38(54-24-7-15-46(54)62)32-40(56-26-9-17-48(56)64)33-39(55-25-8-16-47(55)63)31-37(53-23-6-14-45(53)61)29-35(51-21-4-12-43(51)59)18-27-49-19-2-10-41(49)57/h34-40H,2-33H2,1H3. The Hall–Kier alpha value is -4.24. The number of nitrogens with zero attached hydrogens (tertiary/aromatic N) is 8. The van der Waals surface area contributed by atoms with E-state index in [1.165, 1.54) is 0 Å². The van der Waals surface area contributed by atoms with Crippen molar-refractivity contribution in [1.82, 2.24) is 39.2 Å². The van der Waals surface area contributed by atoms with Crippen LogP contribution in [0.25, 0.3) is 0 Å². The zero-order valence-corrected chi connectivity index (χ0v) is 38.5. The Morgan fingerprint density at radius 1 is 0.312 bits per heavy atom. The van der Waals surface area contributed by atoms with Crippen LogP contribution in [0.5, 0.6) is 0 Å². The maximum Gasteiger partial charge on any atom is 0.222 e. The minimum Gasteiger partial charge on any atom is -0.343 e. The van der Waals surface area contributed by atoms with E-state index in [4.69, 9.17) is 0 Å². The largest absolute Gasteiger partial charge is 0.343 e. The molecule has 16 heteroatoms. The second-order valence-corrected chi connectivity index (χ2v) is 20.3. The van der Waals surface area contributed by atoms with Gasteiger partial charge in [0.25, 0.3) is 0 Å². The zero-order valence-electron chi connectivity index (χ0n) is 38.5. The number of carbonyl (C=O) groups is 8. The second kappa shape index (κ2) is 20.9. The lowest BCUT2D eigenvalue weighted by atomic mass is 9.87. The summed E-state index contributed by atoms with van der Waals surface area (Å²) in [6.45, 7) is 7.78. The maximum absolute atomic E-state index is 13.9. The van der Waals surface area contributed by atoms with Crippen molar-refractivity contribution in [3.05, 3.63) is 0 Å². The average Bonchev–Trinajstić information content (AvgIpc) is 4.12. The van der Waals surface area contributed by atoms with Gasteiger partial charge in [-0.15, -0.1) is 0 Å². The third-order valence-electron chi connectivity index (χ3n) is 16.2. The Kier molecular flexibility index (Phi) is 15.1. The molecule has 0 aromatic carbocycles. The van der Waals surface area contributed by atoms with Gasteiger partial charge in [0.15, 0.2) is 0 Å². The molecule has 8 fully saturated rings. The average molecular weight is 891 g/mol. The lowest BCUT2D eigenvalue weighted by Crippen LogP contribution is -2.52. The molecule has 8 amide bonds. The molecule has 0 spiro atoms. The number of likely N-dealkylation sites (tertiary alicyclic amines) is 8. The molecule has 354 valence electrons. The third-order valence-corrected chi connectivity index (χ3v) is 16.2. The fraction of sp³-hybridized carbons (Fsp3) is 0.833. The van der Waals surface area contributed by atoms with Crippen LogP contribution in [0.1, 0.15) is 155 Å². The minimum atomic E-state index is -0.300. The van der Waals surface area contributed by atoms with Crippen molar-refractivity contribution >= 4 is 47.3 Å². The Labute approximate surface area is 379 Å². The van der Waals surface area contributed by atoms with Crippen molar-refractivity contribution < 1.29 is 38.4 Å².